The van der Waals surface area contributed by atoms with Crippen LogP contribution in [0.25, 0.3) is 11.2 Å². The molecule has 0 aromatic carbocycles. The predicted octanol–water partition coefficient (Wildman–Crippen LogP) is 1.95. The maximum absolute atomic E-state index is 9.12. The standard InChI is InChI=1S/C12H15N5/c1-8(2)17-10(7-13)15-11-9(16(3)4)5-6-14-12(11)17/h5-6,8H,1-4H3. The lowest BCUT2D eigenvalue weighted by Gasteiger charge is -2.13. The van der Waals surface area contributed by atoms with E-state index in [2.05, 4.69) is 16.0 Å². The lowest BCUT2D eigenvalue weighted by atomic mass is 10.3. The maximum Gasteiger partial charge on any atom is 0.215 e. The molecule has 0 aliphatic heterocycles. The molecule has 2 aromatic heterocycles. The van der Waals surface area contributed by atoms with Gasteiger partial charge in [-0.05, 0) is 19.9 Å². The SMILES string of the molecule is CC(C)n1c(C#N)nc2c(N(C)C)ccnc21. The fourth-order valence-electron chi connectivity index (χ4n) is 1.91. The number of pyridine rings is 1. The molecular formula is C12H15N5. The number of aromatic nitrogens is 3. The largest absolute Gasteiger partial charge is 0.376 e. The van der Waals surface area contributed by atoms with Gasteiger partial charge >= 0.3 is 0 Å². The normalized spacial score (nSPS) is 10.8. The zero-order valence-electron chi connectivity index (χ0n) is 10.5. The van der Waals surface area contributed by atoms with E-state index in [4.69, 9.17) is 5.26 Å². The van der Waals surface area contributed by atoms with E-state index in [0.717, 1.165) is 16.9 Å². The summed E-state index contributed by atoms with van der Waals surface area (Å²) in [6.45, 7) is 4.04. The van der Waals surface area contributed by atoms with Crippen molar-refractivity contribution in [2.24, 2.45) is 0 Å². The molecule has 0 radical (unpaired) electrons. The van der Waals surface area contributed by atoms with Crippen molar-refractivity contribution < 1.29 is 0 Å². The van der Waals surface area contributed by atoms with Crippen molar-refractivity contribution in [2.45, 2.75) is 19.9 Å². The van der Waals surface area contributed by atoms with E-state index in [1.165, 1.54) is 0 Å². The van der Waals surface area contributed by atoms with Crippen LogP contribution in [0.15, 0.2) is 12.3 Å². The zero-order chi connectivity index (χ0) is 12.6. The van der Waals surface area contributed by atoms with Gasteiger partial charge in [-0.2, -0.15) is 5.26 Å². The Hall–Kier alpha value is -2.09. The average molecular weight is 229 g/mol. The van der Waals surface area contributed by atoms with E-state index >= 15 is 0 Å². The third-order valence-electron chi connectivity index (χ3n) is 2.66. The van der Waals surface area contributed by atoms with E-state index in [9.17, 15) is 0 Å². The summed E-state index contributed by atoms with van der Waals surface area (Å²) >= 11 is 0. The third kappa shape index (κ3) is 1.72. The number of fused-ring (bicyclic) bond motifs is 1. The molecule has 5 heteroatoms. The molecule has 0 aliphatic carbocycles. The summed E-state index contributed by atoms with van der Waals surface area (Å²) in [5.41, 5.74) is 2.52. The van der Waals surface area contributed by atoms with Gasteiger partial charge in [-0.1, -0.05) is 0 Å². The Kier molecular flexibility index (Phi) is 2.72. The molecule has 0 unspecified atom stereocenters. The Morgan fingerprint density at radius 2 is 2.12 bits per heavy atom. The van der Waals surface area contributed by atoms with Crippen LogP contribution in [-0.2, 0) is 0 Å². The maximum atomic E-state index is 9.12. The fourth-order valence-corrected chi connectivity index (χ4v) is 1.91. The molecule has 0 N–H and O–H groups in total. The number of imidazole rings is 1. The molecule has 2 rings (SSSR count). The molecule has 0 atom stereocenters. The molecule has 0 spiro atoms. The van der Waals surface area contributed by atoms with Crippen molar-refractivity contribution in [1.29, 1.82) is 5.26 Å². The highest BCUT2D eigenvalue weighted by Gasteiger charge is 2.17. The quantitative estimate of drug-likeness (QED) is 0.789. The van der Waals surface area contributed by atoms with Gasteiger partial charge in [0, 0.05) is 26.3 Å². The number of anilines is 1. The lowest BCUT2D eigenvalue weighted by molar-refractivity contribution is 0.605. The first-order chi connectivity index (χ1) is 8.06. The molecule has 5 nitrogen and oxygen atoms in total. The monoisotopic (exact) mass is 229 g/mol. The number of rotatable bonds is 2. The molecule has 17 heavy (non-hydrogen) atoms. The zero-order valence-corrected chi connectivity index (χ0v) is 10.5. The predicted molar refractivity (Wildman–Crippen MR) is 67.0 cm³/mol. The van der Waals surface area contributed by atoms with Crippen LogP contribution >= 0.6 is 0 Å². The molecular weight excluding hydrogens is 214 g/mol. The second kappa shape index (κ2) is 4.06. The summed E-state index contributed by atoms with van der Waals surface area (Å²) in [6.07, 6.45) is 1.75. The van der Waals surface area contributed by atoms with Crippen LogP contribution in [0.3, 0.4) is 0 Å². The van der Waals surface area contributed by atoms with E-state index < -0.39 is 0 Å². The minimum absolute atomic E-state index is 0.166. The molecule has 2 heterocycles. The topological polar surface area (TPSA) is 57.7 Å². The third-order valence-corrected chi connectivity index (χ3v) is 2.66. The van der Waals surface area contributed by atoms with Gasteiger partial charge in [0.1, 0.15) is 11.6 Å². The van der Waals surface area contributed by atoms with Crippen LogP contribution in [0.1, 0.15) is 25.7 Å². The van der Waals surface area contributed by atoms with Crippen LogP contribution in [0.2, 0.25) is 0 Å². The van der Waals surface area contributed by atoms with Crippen LogP contribution in [0.4, 0.5) is 5.69 Å². The number of nitriles is 1. The van der Waals surface area contributed by atoms with Gasteiger partial charge in [0.15, 0.2) is 5.65 Å². The fraction of sp³-hybridized carbons (Fsp3) is 0.417. The van der Waals surface area contributed by atoms with Crippen LogP contribution in [-0.4, -0.2) is 28.6 Å². The Morgan fingerprint density at radius 3 is 2.65 bits per heavy atom. The lowest BCUT2D eigenvalue weighted by Crippen LogP contribution is -2.09. The van der Waals surface area contributed by atoms with Gasteiger partial charge in [0.25, 0.3) is 0 Å². The minimum Gasteiger partial charge on any atom is -0.376 e. The van der Waals surface area contributed by atoms with E-state index in [1.807, 2.05) is 43.5 Å². The summed E-state index contributed by atoms with van der Waals surface area (Å²) in [4.78, 5) is 10.7. The van der Waals surface area contributed by atoms with E-state index in [1.54, 1.807) is 6.20 Å². The van der Waals surface area contributed by atoms with Crippen LogP contribution in [0.5, 0.6) is 0 Å². The number of hydrogen-bond donors (Lipinski definition) is 0. The Balaban J connectivity index is 2.83. The van der Waals surface area contributed by atoms with E-state index in [0.29, 0.717) is 5.82 Å². The Labute approximate surface area is 100 Å². The van der Waals surface area contributed by atoms with Gasteiger partial charge < -0.3 is 4.90 Å². The highest BCUT2D eigenvalue weighted by atomic mass is 15.2. The molecule has 0 saturated carbocycles. The first-order valence-corrected chi connectivity index (χ1v) is 5.50. The second-order valence-corrected chi connectivity index (χ2v) is 4.41. The van der Waals surface area contributed by atoms with Gasteiger partial charge in [0.05, 0.1) is 5.69 Å². The summed E-state index contributed by atoms with van der Waals surface area (Å²) in [5.74, 6) is 0.414. The average Bonchev–Trinajstić information content (AvgIpc) is 2.66. The number of hydrogen-bond acceptors (Lipinski definition) is 4. The molecule has 0 bridgehead atoms. The Morgan fingerprint density at radius 1 is 1.41 bits per heavy atom. The Bertz CT molecular complexity index is 589. The van der Waals surface area contributed by atoms with Crippen LogP contribution < -0.4 is 4.90 Å². The smallest absolute Gasteiger partial charge is 0.215 e. The molecule has 0 saturated heterocycles. The van der Waals surface area contributed by atoms with Crippen molar-refractivity contribution in [3.05, 3.63) is 18.1 Å². The minimum atomic E-state index is 0.166. The van der Waals surface area contributed by atoms with Gasteiger partial charge in [0.2, 0.25) is 5.82 Å². The van der Waals surface area contributed by atoms with Gasteiger partial charge in [-0.15, -0.1) is 0 Å². The van der Waals surface area contributed by atoms with E-state index in [-0.39, 0.29) is 6.04 Å². The van der Waals surface area contributed by atoms with Gasteiger partial charge in [-0.25, -0.2) is 9.97 Å². The van der Waals surface area contributed by atoms with Crippen LogP contribution in [0, 0.1) is 11.3 Å². The first kappa shape index (κ1) is 11.4. The van der Waals surface area contributed by atoms with Crippen molar-refractivity contribution in [1.82, 2.24) is 14.5 Å². The number of nitrogens with zero attached hydrogens (tertiary/aromatic N) is 5. The summed E-state index contributed by atoms with van der Waals surface area (Å²) in [7, 11) is 3.91. The van der Waals surface area contributed by atoms with Crippen molar-refractivity contribution in [3.8, 4) is 6.07 Å². The molecule has 88 valence electrons. The molecule has 0 amide bonds. The first-order valence-electron chi connectivity index (χ1n) is 5.50. The van der Waals surface area contributed by atoms with Crippen molar-refractivity contribution >= 4 is 16.9 Å². The summed E-state index contributed by atoms with van der Waals surface area (Å²) in [5, 5.41) is 9.12. The molecule has 0 aliphatic rings. The highest BCUT2D eigenvalue weighted by Crippen LogP contribution is 2.26. The van der Waals surface area contributed by atoms with Crippen molar-refractivity contribution in [2.75, 3.05) is 19.0 Å². The van der Waals surface area contributed by atoms with Crippen molar-refractivity contribution in [3.63, 3.8) is 0 Å². The highest BCUT2D eigenvalue weighted by molar-refractivity contribution is 5.86. The second-order valence-electron chi connectivity index (χ2n) is 4.41. The molecule has 2 aromatic rings. The summed E-state index contributed by atoms with van der Waals surface area (Å²) < 4.78 is 1.86. The van der Waals surface area contributed by atoms with Gasteiger partial charge in [-0.3, -0.25) is 4.57 Å². The molecule has 0 fully saturated rings. The summed E-state index contributed by atoms with van der Waals surface area (Å²) in [6, 6.07) is 4.20.